The van der Waals surface area contributed by atoms with Gasteiger partial charge in [0.05, 0.1) is 6.04 Å². The number of H-pyrrole nitrogens is 1. The van der Waals surface area contributed by atoms with Crippen molar-refractivity contribution in [3.63, 3.8) is 0 Å². The number of benzene rings is 1. The monoisotopic (exact) mass is 466 g/mol. The smallest absolute Gasteiger partial charge is 0.326 e. The zero-order valence-corrected chi connectivity index (χ0v) is 20.1. The highest BCUT2D eigenvalue weighted by atomic mass is 35.5. The summed E-state index contributed by atoms with van der Waals surface area (Å²) in [6, 6.07) is 4.76. The summed E-state index contributed by atoms with van der Waals surface area (Å²) < 4.78 is 0. The average Bonchev–Trinajstić information content (AvgIpc) is 3.06. The molecule has 2 amide bonds. The topological polar surface area (TPSA) is 137 Å². The molecule has 2 aromatic rings. The molecule has 0 aliphatic rings. The van der Waals surface area contributed by atoms with E-state index in [4.69, 9.17) is 5.73 Å². The Morgan fingerprint density at radius 2 is 1.72 bits per heavy atom. The molecule has 1 heterocycles. The number of fused-ring (bicyclic) bond motifs is 1. The molecule has 0 saturated heterocycles. The Kier molecular flexibility index (Phi) is 9.72. The molecule has 178 valence electrons. The number of aromatic amines is 1. The average molecular weight is 467 g/mol. The normalized spacial score (nSPS) is 14.3. The number of carboxylic acid groups (broad SMARTS) is 1. The summed E-state index contributed by atoms with van der Waals surface area (Å²) in [5, 5.41) is 15.9. The molecule has 32 heavy (non-hydrogen) atoms. The highest BCUT2D eigenvalue weighted by molar-refractivity contribution is 5.92. The minimum Gasteiger partial charge on any atom is -0.480 e. The minimum atomic E-state index is -1.14. The second-order valence-corrected chi connectivity index (χ2v) is 9.51. The van der Waals surface area contributed by atoms with Crippen LogP contribution >= 0.6 is 12.4 Å². The van der Waals surface area contributed by atoms with E-state index in [9.17, 15) is 19.5 Å². The first-order valence-electron chi connectivity index (χ1n) is 10.5. The van der Waals surface area contributed by atoms with Gasteiger partial charge < -0.3 is 26.5 Å². The van der Waals surface area contributed by atoms with Crippen molar-refractivity contribution in [1.29, 1.82) is 0 Å². The van der Waals surface area contributed by atoms with Gasteiger partial charge in [0.1, 0.15) is 12.1 Å². The first-order chi connectivity index (χ1) is 14.4. The van der Waals surface area contributed by atoms with Crippen LogP contribution in [0.3, 0.4) is 0 Å². The number of halogens is 1. The van der Waals surface area contributed by atoms with Gasteiger partial charge >= 0.3 is 5.97 Å². The lowest BCUT2D eigenvalue weighted by Crippen LogP contribution is -2.59. The van der Waals surface area contributed by atoms with Gasteiger partial charge in [-0.2, -0.15) is 0 Å². The second-order valence-electron chi connectivity index (χ2n) is 9.51. The van der Waals surface area contributed by atoms with Crippen LogP contribution in [0.5, 0.6) is 0 Å². The van der Waals surface area contributed by atoms with E-state index in [-0.39, 0.29) is 24.7 Å². The Morgan fingerprint density at radius 1 is 1.09 bits per heavy atom. The summed E-state index contributed by atoms with van der Waals surface area (Å²) in [7, 11) is 0. The number of rotatable bonds is 9. The lowest BCUT2D eigenvalue weighted by molar-refractivity contribution is -0.142. The molecule has 0 spiro atoms. The summed E-state index contributed by atoms with van der Waals surface area (Å²) in [5.41, 5.74) is 7.01. The number of carbonyl (C=O) groups excluding carboxylic acids is 2. The molecule has 0 unspecified atom stereocenters. The zero-order valence-electron chi connectivity index (χ0n) is 19.3. The van der Waals surface area contributed by atoms with Crippen molar-refractivity contribution in [2.75, 3.05) is 0 Å². The van der Waals surface area contributed by atoms with Gasteiger partial charge in [-0.25, -0.2) is 4.79 Å². The summed E-state index contributed by atoms with van der Waals surface area (Å²) in [4.78, 5) is 40.6. The van der Waals surface area contributed by atoms with E-state index in [0.29, 0.717) is 6.42 Å². The van der Waals surface area contributed by atoms with E-state index in [1.165, 1.54) is 0 Å². The van der Waals surface area contributed by atoms with Gasteiger partial charge in [-0.1, -0.05) is 52.8 Å². The number of aliphatic carboxylic acids is 1. The molecule has 3 atom stereocenters. The predicted octanol–water partition coefficient (Wildman–Crippen LogP) is 2.61. The van der Waals surface area contributed by atoms with Crippen LogP contribution in [0.1, 0.15) is 46.6 Å². The van der Waals surface area contributed by atoms with E-state index in [1.807, 2.05) is 38.1 Å². The molecule has 9 heteroatoms. The number of carbonyl (C=O) groups is 3. The lowest BCUT2D eigenvalue weighted by Gasteiger charge is -2.32. The van der Waals surface area contributed by atoms with Crippen LogP contribution in [0.15, 0.2) is 30.5 Å². The molecular formula is C23H35ClN4O4. The van der Waals surface area contributed by atoms with Crippen LogP contribution in [0, 0.1) is 11.3 Å². The van der Waals surface area contributed by atoms with Gasteiger partial charge in [0, 0.05) is 23.5 Å². The van der Waals surface area contributed by atoms with Crippen LogP contribution in [0.25, 0.3) is 10.9 Å². The number of carboxylic acids is 1. The number of hydrogen-bond acceptors (Lipinski definition) is 4. The van der Waals surface area contributed by atoms with Crippen LogP contribution < -0.4 is 16.4 Å². The van der Waals surface area contributed by atoms with Gasteiger partial charge in [-0.15, -0.1) is 12.4 Å². The van der Waals surface area contributed by atoms with E-state index in [2.05, 4.69) is 15.6 Å². The summed E-state index contributed by atoms with van der Waals surface area (Å²) in [5.74, 6) is -1.89. The Hall–Kier alpha value is -2.58. The molecule has 1 aromatic carbocycles. The summed E-state index contributed by atoms with van der Waals surface area (Å²) >= 11 is 0. The third-order valence-electron chi connectivity index (χ3n) is 5.19. The Bertz CT molecular complexity index is 935. The molecule has 0 bridgehead atoms. The molecule has 8 nitrogen and oxygen atoms in total. The summed E-state index contributed by atoms with van der Waals surface area (Å²) in [6.45, 7) is 9.34. The van der Waals surface area contributed by atoms with Crippen LogP contribution in [0.4, 0.5) is 0 Å². The van der Waals surface area contributed by atoms with E-state index in [0.717, 1.165) is 16.5 Å². The molecule has 0 saturated carbocycles. The minimum absolute atomic E-state index is 0. The molecule has 0 fully saturated rings. The van der Waals surface area contributed by atoms with Gasteiger partial charge in [0.2, 0.25) is 11.8 Å². The van der Waals surface area contributed by atoms with Gasteiger partial charge in [0.15, 0.2) is 0 Å². The summed E-state index contributed by atoms with van der Waals surface area (Å²) in [6.07, 6.45) is 2.35. The first kappa shape index (κ1) is 27.5. The van der Waals surface area contributed by atoms with E-state index >= 15 is 0 Å². The lowest BCUT2D eigenvalue weighted by atomic mass is 9.85. The number of hydrogen-bond donors (Lipinski definition) is 5. The van der Waals surface area contributed by atoms with Crippen molar-refractivity contribution in [2.24, 2.45) is 17.1 Å². The Labute approximate surface area is 195 Å². The molecule has 0 radical (unpaired) electrons. The Morgan fingerprint density at radius 3 is 2.28 bits per heavy atom. The van der Waals surface area contributed by atoms with Crippen LogP contribution in [-0.2, 0) is 20.8 Å². The van der Waals surface area contributed by atoms with Crippen molar-refractivity contribution in [3.8, 4) is 0 Å². The number of nitrogens with one attached hydrogen (secondary N) is 3. The van der Waals surface area contributed by atoms with E-state index in [1.54, 1.807) is 27.0 Å². The number of nitrogens with two attached hydrogens (primary N) is 1. The fraction of sp³-hybridized carbons (Fsp3) is 0.522. The maximum atomic E-state index is 13.0. The van der Waals surface area contributed by atoms with Crippen molar-refractivity contribution >= 4 is 41.1 Å². The van der Waals surface area contributed by atoms with Crippen molar-refractivity contribution in [2.45, 2.75) is 65.6 Å². The second kappa shape index (κ2) is 11.3. The molecule has 1 aromatic heterocycles. The van der Waals surface area contributed by atoms with Crippen molar-refractivity contribution in [3.05, 3.63) is 36.0 Å². The van der Waals surface area contributed by atoms with Crippen LogP contribution in [-0.4, -0.2) is 46.0 Å². The quantitative estimate of drug-likeness (QED) is 0.386. The number of para-hydroxylation sites is 1. The fourth-order valence-electron chi connectivity index (χ4n) is 3.52. The third-order valence-corrected chi connectivity index (χ3v) is 5.19. The molecule has 2 rings (SSSR count). The fourth-order valence-corrected chi connectivity index (χ4v) is 3.52. The molecule has 0 aliphatic carbocycles. The standard InChI is InChI=1S/C23H34N4O4.ClH/c1-13(2)10-16(24)20(28)27-19(23(3,4)5)21(29)26-18(22(30)31)11-14-12-25-17-9-7-6-8-15(14)17;/h6-9,12-13,16,18-19,25H,10-11,24H2,1-5H3,(H,26,29)(H,27,28)(H,30,31);1H/t16-,18-,19+;/m0./s1. The molecule has 6 N–H and O–H groups in total. The number of amides is 2. The van der Waals surface area contributed by atoms with E-state index < -0.39 is 41.3 Å². The van der Waals surface area contributed by atoms with Crippen LogP contribution in [0.2, 0.25) is 0 Å². The van der Waals surface area contributed by atoms with Gasteiger partial charge in [-0.3, -0.25) is 9.59 Å². The predicted molar refractivity (Wildman–Crippen MR) is 128 cm³/mol. The Balaban J connectivity index is 0.00000512. The number of aromatic nitrogens is 1. The molecular weight excluding hydrogens is 432 g/mol. The largest absolute Gasteiger partial charge is 0.480 e. The molecule has 0 aliphatic heterocycles. The maximum absolute atomic E-state index is 13.0. The zero-order chi connectivity index (χ0) is 23.3. The van der Waals surface area contributed by atoms with Gasteiger partial charge in [0.25, 0.3) is 0 Å². The highest BCUT2D eigenvalue weighted by Crippen LogP contribution is 2.22. The van der Waals surface area contributed by atoms with Crippen molar-refractivity contribution in [1.82, 2.24) is 15.6 Å². The van der Waals surface area contributed by atoms with Gasteiger partial charge in [-0.05, 0) is 29.4 Å². The maximum Gasteiger partial charge on any atom is 0.326 e. The highest BCUT2D eigenvalue weighted by Gasteiger charge is 2.36. The van der Waals surface area contributed by atoms with Crippen molar-refractivity contribution < 1.29 is 19.5 Å². The first-order valence-corrected chi connectivity index (χ1v) is 10.5. The third kappa shape index (κ3) is 7.24. The SMILES string of the molecule is CC(C)C[C@H](N)C(=O)N[C@H](C(=O)N[C@@H](Cc1c[nH]c2ccccc12)C(=O)O)C(C)(C)C.Cl.